The SMILES string of the molecule is COC(=O)N1CC[C@H]2CC[C@@H](C(=O)N[C@@H](CCC(N)=O)C(=O)N[C@H](C(=O)N3CCC(CCC#Cc4cccc5c4CN(C4CCC(=O)NC4=O)C5=O)CC3)C3CCCCC3)N2C(=O)[C@@H](NC(=O)c2ccc3ccc(C(F)(F)P(=O)(O)O)cc3c2)C1. The molecule has 10 amide bonds. The molecular weight excluding hydrogens is 1130 g/mol. The van der Waals surface area contributed by atoms with Crippen molar-refractivity contribution in [3.8, 4) is 11.8 Å². The van der Waals surface area contributed by atoms with Gasteiger partial charge in [0.15, 0.2) is 0 Å². The minimum absolute atomic E-state index is 0.0219. The number of fused-ring (bicyclic) bond motifs is 3. The fourth-order valence-corrected chi connectivity index (χ4v) is 13.2. The highest BCUT2D eigenvalue weighted by Crippen LogP contribution is 2.59. The lowest BCUT2D eigenvalue weighted by Gasteiger charge is -2.39. The van der Waals surface area contributed by atoms with E-state index in [1.165, 1.54) is 39.0 Å². The van der Waals surface area contributed by atoms with Crippen LogP contribution in [0.1, 0.15) is 140 Å². The molecule has 0 bridgehead atoms. The standard InChI is InChI=1S/C59H70F2N9O14P/c1-84-58(80)68-29-26-41-18-20-47(70(41)56(78)45(33-68)64-51(73)38-15-14-35-16-17-40(31-39(35)30-38)59(60,61)85(81,82)83)54(76)63-44(19-22-48(62)71)52(74)66-50(37-10-3-2-4-11-37)57(79)67-27-24-34(25-28-67)8-5-6-9-36-12-7-13-42-43(36)32-69(55(42)77)46-21-23-49(72)65-53(46)75/h7,12-17,30-31,34,37,41,44-47,50H,2-5,8,10-11,18-29,32-33H2,1H3,(H2,62,71)(H,63,76)(H,64,73)(H,66,74)(H,65,72,75)(H2,81,82,83)/t41-,44+,45+,46?,47+,50+/m1/s1. The number of halogens is 2. The molecule has 3 aromatic rings. The molecule has 5 heterocycles. The van der Waals surface area contributed by atoms with E-state index in [2.05, 4.69) is 33.1 Å². The van der Waals surface area contributed by atoms with Gasteiger partial charge in [-0.2, -0.15) is 8.78 Å². The quantitative estimate of drug-likeness (QED) is 0.0612. The van der Waals surface area contributed by atoms with Gasteiger partial charge in [0.2, 0.25) is 41.4 Å². The number of benzene rings is 3. The van der Waals surface area contributed by atoms with Crippen LogP contribution < -0.4 is 27.0 Å². The number of imide groups is 1. The van der Waals surface area contributed by atoms with Gasteiger partial charge in [-0.25, -0.2) is 4.79 Å². The van der Waals surface area contributed by atoms with E-state index in [-0.39, 0.29) is 98.5 Å². The highest BCUT2D eigenvalue weighted by molar-refractivity contribution is 7.52. The zero-order chi connectivity index (χ0) is 60.9. The maximum absolute atomic E-state index is 14.8. The van der Waals surface area contributed by atoms with E-state index < -0.39 is 103 Å². The second kappa shape index (κ2) is 26.2. The number of ether oxygens (including phenoxy) is 1. The van der Waals surface area contributed by atoms with Crippen LogP contribution in [0.25, 0.3) is 10.8 Å². The van der Waals surface area contributed by atoms with Gasteiger partial charge < -0.3 is 55.8 Å². The summed E-state index contributed by atoms with van der Waals surface area (Å²) in [6, 6.07) is 5.76. The third-order valence-electron chi connectivity index (χ3n) is 17.5. The Morgan fingerprint density at radius 3 is 2.31 bits per heavy atom. The van der Waals surface area contributed by atoms with E-state index in [4.69, 9.17) is 10.5 Å². The zero-order valence-corrected chi connectivity index (χ0v) is 47.9. The predicted octanol–water partition coefficient (Wildman–Crippen LogP) is 3.64. The molecular formula is C59H70F2N9O14P. The van der Waals surface area contributed by atoms with Crippen molar-refractivity contribution >= 4 is 77.6 Å². The van der Waals surface area contributed by atoms with Gasteiger partial charge in [-0.1, -0.05) is 55.4 Å². The number of methoxy groups -OCH3 is 1. The Bertz CT molecular complexity index is 3280. The van der Waals surface area contributed by atoms with Gasteiger partial charge in [0.25, 0.3) is 11.8 Å². The Kier molecular flexibility index (Phi) is 19.0. The molecule has 6 aliphatic rings. The lowest BCUT2D eigenvalue weighted by molar-refractivity contribution is -0.144. The second-order valence-electron chi connectivity index (χ2n) is 22.9. The maximum Gasteiger partial charge on any atom is 0.409 e. The van der Waals surface area contributed by atoms with Crippen molar-refractivity contribution in [2.24, 2.45) is 17.6 Å². The number of piperidine rings is 2. The van der Waals surface area contributed by atoms with Crippen LogP contribution in [0.5, 0.6) is 0 Å². The Morgan fingerprint density at radius 1 is 0.871 bits per heavy atom. The second-order valence-corrected chi connectivity index (χ2v) is 24.5. The molecule has 1 unspecified atom stereocenters. The molecule has 26 heteroatoms. The van der Waals surface area contributed by atoms with Crippen LogP contribution in [0.4, 0.5) is 13.6 Å². The molecule has 8 N–H and O–H groups in total. The fourth-order valence-electron chi connectivity index (χ4n) is 12.7. The topological polar surface area (TPSA) is 325 Å². The zero-order valence-electron chi connectivity index (χ0n) is 47.0. The Morgan fingerprint density at radius 2 is 1.60 bits per heavy atom. The minimum atomic E-state index is -5.93. The fraction of sp³-hybridized carbons (Fsp3) is 0.525. The number of rotatable bonds is 16. The van der Waals surface area contributed by atoms with Crippen LogP contribution >= 0.6 is 7.60 Å². The number of carbonyl (C=O) groups excluding carboxylic acids is 10. The molecule has 454 valence electrons. The van der Waals surface area contributed by atoms with E-state index in [9.17, 15) is 71.1 Å². The van der Waals surface area contributed by atoms with Crippen LogP contribution in [0.2, 0.25) is 0 Å². The Hall–Kier alpha value is -7.81. The lowest BCUT2D eigenvalue weighted by atomic mass is 9.82. The smallest absolute Gasteiger partial charge is 0.409 e. The summed E-state index contributed by atoms with van der Waals surface area (Å²) in [6.45, 7) is 0.705. The lowest BCUT2D eigenvalue weighted by Crippen LogP contribution is -2.62. The van der Waals surface area contributed by atoms with Gasteiger partial charge in [0.1, 0.15) is 30.2 Å². The van der Waals surface area contributed by atoms with Crippen molar-refractivity contribution in [3.63, 3.8) is 0 Å². The predicted molar refractivity (Wildman–Crippen MR) is 300 cm³/mol. The Balaban J connectivity index is 0.849. The molecule has 5 fully saturated rings. The molecule has 1 aliphatic carbocycles. The van der Waals surface area contributed by atoms with Crippen molar-refractivity contribution in [3.05, 3.63) is 82.4 Å². The summed E-state index contributed by atoms with van der Waals surface area (Å²) in [5, 5.41) is 11.0. The molecule has 3 aromatic carbocycles. The van der Waals surface area contributed by atoms with Crippen molar-refractivity contribution in [2.75, 3.05) is 33.3 Å². The van der Waals surface area contributed by atoms with Gasteiger partial charge in [-0.05, 0) is 123 Å². The number of likely N-dealkylation sites (tertiary alicyclic amines) is 1. The van der Waals surface area contributed by atoms with Crippen LogP contribution in [-0.4, -0.2) is 158 Å². The van der Waals surface area contributed by atoms with Crippen LogP contribution in [0.3, 0.4) is 0 Å². The van der Waals surface area contributed by atoms with Crippen LogP contribution in [-0.2, 0) is 55.1 Å². The van der Waals surface area contributed by atoms with E-state index in [1.54, 1.807) is 17.0 Å². The number of primary amides is 1. The monoisotopic (exact) mass is 1200 g/mol. The summed E-state index contributed by atoms with van der Waals surface area (Å²) in [7, 11) is -4.78. The molecule has 85 heavy (non-hydrogen) atoms. The number of carbonyl (C=O) groups is 10. The van der Waals surface area contributed by atoms with Crippen LogP contribution in [0.15, 0.2) is 54.6 Å². The van der Waals surface area contributed by atoms with Crippen molar-refractivity contribution in [2.45, 2.75) is 151 Å². The van der Waals surface area contributed by atoms with Crippen molar-refractivity contribution < 1.29 is 75.8 Å². The van der Waals surface area contributed by atoms with E-state index in [0.717, 1.165) is 50.5 Å². The van der Waals surface area contributed by atoms with Gasteiger partial charge >= 0.3 is 19.4 Å². The Labute approximate surface area is 489 Å². The molecule has 9 rings (SSSR count). The van der Waals surface area contributed by atoms with E-state index in [1.807, 2.05) is 6.07 Å². The largest absolute Gasteiger partial charge is 0.453 e. The number of nitrogens with two attached hydrogens (primary N) is 1. The first kappa shape index (κ1) is 61.7. The molecule has 0 radical (unpaired) electrons. The average molecular weight is 1200 g/mol. The van der Waals surface area contributed by atoms with Gasteiger partial charge in [-0.3, -0.25) is 53.0 Å². The minimum Gasteiger partial charge on any atom is -0.453 e. The summed E-state index contributed by atoms with van der Waals surface area (Å²) in [5.74, 6) is 1.27. The molecule has 6 atom stereocenters. The van der Waals surface area contributed by atoms with Crippen LogP contribution in [0, 0.1) is 23.7 Å². The highest BCUT2D eigenvalue weighted by Gasteiger charge is 2.51. The van der Waals surface area contributed by atoms with Crippen molar-refractivity contribution in [1.29, 1.82) is 0 Å². The highest BCUT2D eigenvalue weighted by atomic mass is 31.2. The average Bonchev–Trinajstić information content (AvgIpc) is 3.15. The third kappa shape index (κ3) is 13.8. The molecule has 23 nitrogen and oxygen atoms in total. The maximum atomic E-state index is 14.8. The van der Waals surface area contributed by atoms with Gasteiger partial charge in [-0.15, -0.1) is 0 Å². The molecule has 0 spiro atoms. The number of hydrogen-bond donors (Lipinski definition) is 7. The number of hydrogen-bond acceptors (Lipinski definition) is 12. The molecule has 5 aliphatic heterocycles. The number of amides is 10. The first-order valence-electron chi connectivity index (χ1n) is 28.9. The number of nitrogens with one attached hydrogen (secondary N) is 4. The molecule has 4 saturated heterocycles. The molecule has 0 aromatic heterocycles. The van der Waals surface area contributed by atoms with Gasteiger partial charge in [0, 0.05) is 73.7 Å². The summed E-state index contributed by atoms with van der Waals surface area (Å²) < 4.78 is 46.0. The molecule has 1 saturated carbocycles. The number of nitrogens with zero attached hydrogens (tertiary/aromatic N) is 4. The summed E-state index contributed by atoms with van der Waals surface area (Å²) in [6.07, 6.45) is 6.31. The van der Waals surface area contributed by atoms with Crippen molar-refractivity contribution in [1.82, 2.24) is 40.9 Å². The summed E-state index contributed by atoms with van der Waals surface area (Å²) in [4.78, 5) is 160. The first-order valence-corrected chi connectivity index (χ1v) is 30.5. The third-order valence-corrected chi connectivity index (χ3v) is 18.4. The van der Waals surface area contributed by atoms with E-state index >= 15 is 0 Å². The summed E-state index contributed by atoms with van der Waals surface area (Å²) >= 11 is 0. The summed E-state index contributed by atoms with van der Waals surface area (Å²) in [5.41, 5.74) is 1.83. The van der Waals surface area contributed by atoms with E-state index in [0.29, 0.717) is 61.7 Å². The van der Waals surface area contributed by atoms with Gasteiger partial charge in [0.05, 0.1) is 13.7 Å². The normalized spacial score (nSPS) is 22.2. The first-order chi connectivity index (χ1) is 40.5. The number of alkyl halides is 2.